The second-order valence-corrected chi connectivity index (χ2v) is 9.83. The van der Waals surface area contributed by atoms with E-state index in [2.05, 4.69) is 15.6 Å². The van der Waals surface area contributed by atoms with Crippen LogP contribution in [0.15, 0.2) is 47.8 Å². The van der Waals surface area contributed by atoms with E-state index in [0.29, 0.717) is 17.8 Å². The first-order chi connectivity index (χ1) is 15.2. The molecule has 0 fully saturated rings. The first kappa shape index (κ1) is 24.0. The van der Waals surface area contributed by atoms with Gasteiger partial charge in [-0.1, -0.05) is 35.3 Å². The number of sulfone groups is 1. The van der Waals surface area contributed by atoms with E-state index in [1.54, 1.807) is 31.2 Å². The Balaban J connectivity index is 1.70. The Morgan fingerprint density at radius 1 is 1.16 bits per heavy atom. The summed E-state index contributed by atoms with van der Waals surface area (Å²) in [6.45, 7) is 1.91. The average molecular weight is 498 g/mol. The minimum atomic E-state index is -3.24. The van der Waals surface area contributed by atoms with Crippen molar-refractivity contribution in [1.82, 2.24) is 10.3 Å². The van der Waals surface area contributed by atoms with Gasteiger partial charge in [-0.05, 0) is 24.6 Å². The summed E-state index contributed by atoms with van der Waals surface area (Å²) in [6, 6.07) is 6.11. The predicted molar refractivity (Wildman–Crippen MR) is 122 cm³/mol. The molecule has 2 N–H and O–H groups in total. The molecule has 1 aliphatic rings. The third-order valence-electron chi connectivity index (χ3n) is 4.64. The van der Waals surface area contributed by atoms with E-state index in [1.807, 2.05) is 0 Å². The van der Waals surface area contributed by atoms with E-state index in [1.165, 1.54) is 12.4 Å². The van der Waals surface area contributed by atoms with Gasteiger partial charge in [0.05, 0.1) is 28.0 Å². The highest BCUT2D eigenvalue weighted by Gasteiger charge is 2.25. The maximum atomic E-state index is 12.5. The first-order valence-electron chi connectivity index (χ1n) is 9.74. The summed E-state index contributed by atoms with van der Waals surface area (Å²) in [5, 5.41) is 7.13. The van der Waals surface area contributed by atoms with Crippen LogP contribution in [0.5, 0.6) is 0 Å². The van der Waals surface area contributed by atoms with Crippen molar-refractivity contribution in [3.63, 3.8) is 0 Å². The van der Waals surface area contributed by atoms with Crippen molar-refractivity contribution < 1.29 is 22.7 Å². The predicted octanol–water partition coefficient (Wildman–Crippen LogP) is 3.36. The van der Waals surface area contributed by atoms with Gasteiger partial charge in [-0.2, -0.15) is 0 Å². The molecule has 32 heavy (non-hydrogen) atoms. The fourth-order valence-electron chi connectivity index (χ4n) is 3.13. The Kier molecular flexibility index (Phi) is 7.76. The van der Waals surface area contributed by atoms with Gasteiger partial charge in [0, 0.05) is 42.0 Å². The first-order valence-corrected chi connectivity index (χ1v) is 12.2. The van der Waals surface area contributed by atoms with Crippen molar-refractivity contribution >= 4 is 50.6 Å². The molecule has 2 aromatic rings. The molecule has 1 aliphatic heterocycles. The van der Waals surface area contributed by atoms with Crippen molar-refractivity contribution in [2.75, 3.05) is 17.7 Å². The molecule has 3 rings (SSSR count). The number of pyridine rings is 1. The lowest BCUT2D eigenvalue weighted by atomic mass is 10.0. The molecule has 0 aliphatic carbocycles. The van der Waals surface area contributed by atoms with Crippen molar-refractivity contribution in [1.29, 1.82) is 0 Å². The Hall–Kier alpha value is -2.62. The number of aromatic nitrogens is 1. The molecule has 170 valence electrons. The second-order valence-electron chi connectivity index (χ2n) is 7.04. The summed E-state index contributed by atoms with van der Waals surface area (Å²) in [5.41, 5.74) is 1.90. The number of amides is 1. The van der Waals surface area contributed by atoms with Crippen LogP contribution in [0.2, 0.25) is 10.0 Å². The number of hydrogen-bond acceptors (Lipinski definition) is 7. The number of halogens is 2. The minimum Gasteiger partial charge on any atom is -0.464 e. The summed E-state index contributed by atoms with van der Waals surface area (Å²) in [5.74, 6) is -0.933. The van der Waals surface area contributed by atoms with Crippen LogP contribution in [-0.4, -0.2) is 43.7 Å². The lowest BCUT2D eigenvalue weighted by Gasteiger charge is -2.19. The topological polar surface area (TPSA) is 114 Å². The minimum absolute atomic E-state index is 0.0186. The van der Waals surface area contributed by atoms with Crippen LogP contribution in [0.3, 0.4) is 0 Å². The monoisotopic (exact) mass is 497 g/mol. The highest BCUT2D eigenvalue weighted by Crippen LogP contribution is 2.24. The number of hydrogen-bond donors (Lipinski definition) is 2. The normalized spacial score (nSPS) is 15.5. The maximum Gasteiger partial charge on any atom is 0.328 e. The molecule has 0 saturated heterocycles. The third kappa shape index (κ3) is 6.21. The zero-order valence-corrected chi connectivity index (χ0v) is 19.4. The SMILES string of the molecule is CCOC(=O)[C@H](Cc1ccc(NC(=O)c2c(Cl)cncc2Cl)cc1)NC1=CS(=O)(=O)CC1. The van der Waals surface area contributed by atoms with Crippen LogP contribution in [0.4, 0.5) is 5.69 Å². The van der Waals surface area contributed by atoms with Gasteiger partial charge in [-0.15, -0.1) is 0 Å². The molecule has 0 radical (unpaired) electrons. The molecule has 8 nitrogen and oxygen atoms in total. The van der Waals surface area contributed by atoms with E-state index in [4.69, 9.17) is 27.9 Å². The summed E-state index contributed by atoms with van der Waals surface area (Å²) < 4.78 is 28.4. The summed E-state index contributed by atoms with van der Waals surface area (Å²) in [6.07, 6.45) is 3.26. The zero-order chi connectivity index (χ0) is 23.3. The van der Waals surface area contributed by atoms with Gasteiger partial charge >= 0.3 is 5.97 Å². The molecule has 2 heterocycles. The van der Waals surface area contributed by atoms with Crippen molar-refractivity contribution in [3.8, 4) is 0 Å². The number of carbonyl (C=O) groups is 2. The number of esters is 1. The second kappa shape index (κ2) is 10.3. The molecule has 1 aromatic heterocycles. The molecule has 1 amide bonds. The van der Waals surface area contributed by atoms with Crippen molar-refractivity contribution in [3.05, 3.63) is 68.9 Å². The molecule has 1 aromatic carbocycles. The van der Waals surface area contributed by atoms with E-state index >= 15 is 0 Å². The Morgan fingerprint density at radius 3 is 2.38 bits per heavy atom. The van der Waals surface area contributed by atoms with Gasteiger partial charge in [0.2, 0.25) is 0 Å². The van der Waals surface area contributed by atoms with Gasteiger partial charge < -0.3 is 15.4 Å². The molecule has 0 unspecified atom stereocenters. The summed E-state index contributed by atoms with van der Waals surface area (Å²) in [4.78, 5) is 28.7. The van der Waals surface area contributed by atoms with Crippen LogP contribution >= 0.6 is 23.2 Å². The number of ether oxygens (including phenoxy) is 1. The van der Waals surface area contributed by atoms with Crippen molar-refractivity contribution in [2.24, 2.45) is 0 Å². The fraction of sp³-hybridized carbons (Fsp3) is 0.286. The van der Waals surface area contributed by atoms with Crippen LogP contribution in [0.1, 0.15) is 29.3 Å². The Morgan fingerprint density at radius 2 is 1.81 bits per heavy atom. The quantitative estimate of drug-likeness (QED) is 0.537. The standard InChI is InChI=1S/C21H21Cl2N3O5S/c1-2-31-21(28)18(25-15-7-8-32(29,30)12-15)9-13-3-5-14(6-4-13)26-20(27)19-16(22)10-24-11-17(19)23/h3-6,10-12,18,25H,2,7-9H2,1H3,(H,26,27)/t18-/m0/s1. The Labute approximate surface area is 195 Å². The average Bonchev–Trinajstić information content (AvgIpc) is 3.07. The number of anilines is 1. The molecular formula is C21H21Cl2N3O5S. The Bertz CT molecular complexity index is 1130. The van der Waals surface area contributed by atoms with Crippen molar-refractivity contribution in [2.45, 2.75) is 25.8 Å². The fourth-order valence-corrected chi connectivity index (χ4v) is 4.91. The largest absolute Gasteiger partial charge is 0.464 e. The molecule has 0 bridgehead atoms. The smallest absolute Gasteiger partial charge is 0.328 e. The van der Waals surface area contributed by atoms with Gasteiger partial charge in [0.25, 0.3) is 5.91 Å². The van der Waals surface area contributed by atoms with Crippen LogP contribution in [0, 0.1) is 0 Å². The third-order valence-corrected chi connectivity index (χ3v) is 6.63. The number of nitrogens with zero attached hydrogens (tertiary/aromatic N) is 1. The van der Waals surface area contributed by atoms with Gasteiger partial charge in [-0.25, -0.2) is 13.2 Å². The number of benzene rings is 1. The van der Waals surface area contributed by atoms with Crippen LogP contribution in [-0.2, 0) is 25.8 Å². The molecule has 0 spiro atoms. The number of allylic oxidation sites excluding steroid dienone is 1. The van der Waals surface area contributed by atoms with Crippen LogP contribution < -0.4 is 10.6 Å². The van der Waals surface area contributed by atoms with Gasteiger partial charge in [0.1, 0.15) is 6.04 Å². The van der Waals surface area contributed by atoms with Crippen LogP contribution in [0.25, 0.3) is 0 Å². The van der Waals surface area contributed by atoms with E-state index in [9.17, 15) is 18.0 Å². The highest BCUT2D eigenvalue weighted by atomic mass is 35.5. The maximum absolute atomic E-state index is 12.5. The number of nitrogens with one attached hydrogen (secondary N) is 2. The van der Waals surface area contributed by atoms with Gasteiger partial charge in [0.15, 0.2) is 9.84 Å². The molecule has 11 heteroatoms. The van der Waals surface area contributed by atoms with E-state index in [-0.39, 0.29) is 34.4 Å². The molecular weight excluding hydrogens is 477 g/mol. The highest BCUT2D eigenvalue weighted by molar-refractivity contribution is 7.94. The molecule has 0 saturated carbocycles. The molecule has 1 atom stereocenters. The van der Waals surface area contributed by atoms with Gasteiger partial charge in [-0.3, -0.25) is 9.78 Å². The van der Waals surface area contributed by atoms with E-state index in [0.717, 1.165) is 11.0 Å². The summed E-state index contributed by atoms with van der Waals surface area (Å²) >= 11 is 12.0. The number of rotatable bonds is 8. The van der Waals surface area contributed by atoms with E-state index < -0.39 is 27.8 Å². The zero-order valence-electron chi connectivity index (χ0n) is 17.1. The number of carbonyl (C=O) groups excluding carboxylic acids is 2. The lowest BCUT2D eigenvalue weighted by molar-refractivity contribution is -0.145. The lowest BCUT2D eigenvalue weighted by Crippen LogP contribution is -2.39. The summed E-state index contributed by atoms with van der Waals surface area (Å²) in [7, 11) is -3.24.